The maximum absolute atomic E-state index is 12.5. The third-order valence-corrected chi connectivity index (χ3v) is 10.3. The molecule has 348 valence electrons. The van der Waals surface area contributed by atoms with Crippen LogP contribution in [0.3, 0.4) is 0 Å². The number of esters is 3. The molecular weight excluding hydrogens is 838 g/mol. The minimum Gasteiger partial charge on any atom is -0.497 e. The molecule has 15 atom stereocenters. The summed E-state index contributed by atoms with van der Waals surface area (Å²) in [5.74, 6) is -1.69. The second-order valence-electron chi connectivity index (χ2n) is 15.0. The highest BCUT2D eigenvalue weighted by molar-refractivity contribution is 5.91. The fraction of sp³-hybridized carbons (Fsp3) is 0.571. The van der Waals surface area contributed by atoms with Gasteiger partial charge >= 0.3 is 17.9 Å². The molecule has 0 bridgehead atoms. The Hall–Kier alpha value is -4.78. The first-order chi connectivity index (χ1) is 29.9. The first-order valence-corrected chi connectivity index (χ1v) is 20.1. The van der Waals surface area contributed by atoms with Gasteiger partial charge in [0, 0.05) is 33.4 Å². The second kappa shape index (κ2) is 22.7. The highest BCUT2D eigenvalue weighted by atomic mass is 16.8. The number of nitrogens with one attached hydrogen (secondary N) is 1. The molecule has 21 nitrogen and oxygen atoms in total. The molecule has 1 amide bonds. The molecule has 0 unspecified atom stereocenters. The normalized spacial score (nSPS) is 33.2. The molecule has 0 spiro atoms. The number of rotatable bonds is 17. The van der Waals surface area contributed by atoms with E-state index in [1.807, 2.05) is 12.1 Å². The predicted molar refractivity (Wildman–Crippen MR) is 212 cm³/mol. The van der Waals surface area contributed by atoms with Gasteiger partial charge in [0.05, 0.1) is 13.2 Å². The van der Waals surface area contributed by atoms with E-state index in [1.54, 1.807) is 49.6 Å². The summed E-state index contributed by atoms with van der Waals surface area (Å²) in [4.78, 5) is 48.1. The molecule has 3 aliphatic rings. The molecule has 7 N–H and O–H groups in total. The number of methoxy groups -OCH3 is 1. The van der Waals surface area contributed by atoms with E-state index in [0.717, 1.165) is 31.9 Å². The Bertz CT molecular complexity index is 1850. The lowest BCUT2D eigenvalue weighted by Crippen LogP contribution is -2.67. The number of aliphatic hydroxyl groups excluding tert-OH is 6. The van der Waals surface area contributed by atoms with E-state index < -0.39 is 123 Å². The zero-order valence-electron chi connectivity index (χ0n) is 35.2. The summed E-state index contributed by atoms with van der Waals surface area (Å²) in [5, 5.41) is 67.8. The van der Waals surface area contributed by atoms with Gasteiger partial charge in [0.1, 0.15) is 79.6 Å². The van der Waals surface area contributed by atoms with Crippen molar-refractivity contribution in [3.63, 3.8) is 0 Å². The summed E-state index contributed by atoms with van der Waals surface area (Å²) in [7, 11) is 1.56. The lowest BCUT2D eigenvalue weighted by Gasteiger charge is -2.49. The van der Waals surface area contributed by atoms with E-state index in [2.05, 4.69) is 5.32 Å². The van der Waals surface area contributed by atoms with Crippen molar-refractivity contribution in [3.8, 4) is 11.5 Å². The number of carbonyl (C=O) groups is 4. The highest BCUT2D eigenvalue weighted by Gasteiger charge is 2.56. The van der Waals surface area contributed by atoms with Crippen LogP contribution in [0.25, 0.3) is 6.08 Å². The van der Waals surface area contributed by atoms with E-state index in [4.69, 9.17) is 47.4 Å². The van der Waals surface area contributed by atoms with Gasteiger partial charge in [0.25, 0.3) is 0 Å². The molecule has 3 fully saturated rings. The molecular formula is C42H55NO20. The van der Waals surface area contributed by atoms with Gasteiger partial charge in [-0.2, -0.15) is 0 Å². The van der Waals surface area contributed by atoms with Gasteiger partial charge in [-0.3, -0.25) is 19.2 Å². The first-order valence-electron chi connectivity index (χ1n) is 20.1. The number of benzene rings is 2. The molecule has 0 aliphatic carbocycles. The van der Waals surface area contributed by atoms with E-state index in [1.165, 1.54) is 13.0 Å². The van der Waals surface area contributed by atoms with Crippen molar-refractivity contribution in [1.29, 1.82) is 0 Å². The average Bonchev–Trinajstić information content (AvgIpc) is 3.25. The maximum atomic E-state index is 12.5. The monoisotopic (exact) mass is 893 g/mol. The zero-order valence-corrected chi connectivity index (χ0v) is 35.2. The molecule has 3 aliphatic heterocycles. The number of hydrogen-bond acceptors (Lipinski definition) is 20. The van der Waals surface area contributed by atoms with Crippen LogP contribution in [0.15, 0.2) is 54.6 Å². The summed E-state index contributed by atoms with van der Waals surface area (Å²) in [6.07, 6.45) is -21.5. The van der Waals surface area contributed by atoms with Gasteiger partial charge in [0.2, 0.25) is 12.2 Å². The SMILES string of the molecule is COc1ccc(/C=C\C(=O)NCCc2ccc(O[C@@H]3O[C@@H](C)[C@H](OC(C)=O)[C@@H](O[C@@H]4O[C@H](COC(C)=O)[C@@H](O)[C@H](O)[C@H]4O)[C@H]3O[C@@H]3O[C@H](COC(C)=O)[C@@H](O)[C@H](O)[C@H]3O)cc2)cc1. The summed E-state index contributed by atoms with van der Waals surface area (Å²) in [6, 6.07) is 13.8. The smallest absolute Gasteiger partial charge is 0.303 e. The first kappa shape index (κ1) is 49.2. The van der Waals surface area contributed by atoms with Gasteiger partial charge in [-0.05, 0) is 54.8 Å². The van der Waals surface area contributed by atoms with Crippen LogP contribution in [0, 0.1) is 0 Å². The molecule has 3 saturated heterocycles. The Morgan fingerprint density at radius 3 is 1.67 bits per heavy atom. The predicted octanol–water partition coefficient (Wildman–Crippen LogP) is -1.37. The molecule has 0 aromatic heterocycles. The number of amides is 1. The summed E-state index contributed by atoms with van der Waals surface area (Å²) in [5.41, 5.74) is 1.62. The van der Waals surface area contributed by atoms with Crippen LogP contribution in [-0.4, -0.2) is 173 Å². The van der Waals surface area contributed by atoms with Crippen molar-refractivity contribution in [1.82, 2.24) is 5.32 Å². The fourth-order valence-electron chi connectivity index (χ4n) is 6.91. The van der Waals surface area contributed by atoms with Crippen molar-refractivity contribution < 1.29 is 97.2 Å². The van der Waals surface area contributed by atoms with Gasteiger partial charge < -0.3 is 83.3 Å². The van der Waals surface area contributed by atoms with Crippen molar-refractivity contribution in [2.75, 3.05) is 26.9 Å². The summed E-state index contributed by atoms with van der Waals surface area (Å²) in [6.45, 7) is 4.00. The summed E-state index contributed by atoms with van der Waals surface area (Å²) >= 11 is 0. The number of hydrogen-bond donors (Lipinski definition) is 7. The topological polar surface area (TPSA) is 294 Å². The largest absolute Gasteiger partial charge is 0.497 e. The van der Waals surface area contributed by atoms with Gasteiger partial charge in [-0.15, -0.1) is 0 Å². The quantitative estimate of drug-likeness (QED) is 0.0548. The van der Waals surface area contributed by atoms with Gasteiger partial charge in [-0.25, -0.2) is 0 Å². The minimum atomic E-state index is -1.96. The standard InChI is InChI=1S/C42H55NO20/c1-20-37(58-23(4)46)38(62-40-35(52)33(50)31(48)28(60-40)18-55-21(2)44)39(63-41-36(53)34(51)32(49)29(61-41)19-56-22(3)45)42(57-20)59-27-13-8-25(9-14-27)16-17-43-30(47)15-10-24-6-11-26(54-5)12-7-24/h6-15,20,28-29,31-42,48-53H,16-19H2,1-5H3,(H,43,47)/b15-10-/t20-,28+,29+,31+,32+,33-,34-,35+,36+,37-,38+,39+,40-,41-,42-/m0/s1. The zero-order chi connectivity index (χ0) is 46.0. The molecule has 63 heavy (non-hydrogen) atoms. The molecule has 2 aromatic carbocycles. The molecule has 2 aromatic rings. The molecule has 0 radical (unpaired) electrons. The number of ether oxygens (including phenoxy) is 10. The lowest BCUT2D eigenvalue weighted by atomic mass is 9.96. The van der Waals surface area contributed by atoms with Crippen molar-refractivity contribution in [2.24, 2.45) is 0 Å². The lowest BCUT2D eigenvalue weighted by molar-refractivity contribution is -0.382. The molecule has 0 saturated carbocycles. The molecule has 5 rings (SSSR count). The van der Waals surface area contributed by atoms with E-state index >= 15 is 0 Å². The van der Waals surface area contributed by atoms with Crippen LogP contribution in [0.2, 0.25) is 0 Å². The fourth-order valence-corrected chi connectivity index (χ4v) is 6.91. The van der Waals surface area contributed by atoms with Crippen molar-refractivity contribution in [3.05, 3.63) is 65.7 Å². The number of aliphatic hydroxyl groups is 6. The van der Waals surface area contributed by atoms with Gasteiger partial charge in [0.15, 0.2) is 24.8 Å². The Morgan fingerprint density at radius 2 is 1.16 bits per heavy atom. The van der Waals surface area contributed by atoms with E-state index in [-0.39, 0.29) is 11.7 Å². The molecule has 21 heteroatoms. The molecule has 3 heterocycles. The average molecular weight is 894 g/mol. The van der Waals surface area contributed by atoms with Crippen LogP contribution in [0.4, 0.5) is 0 Å². The number of carbonyl (C=O) groups excluding carboxylic acids is 4. The van der Waals surface area contributed by atoms with Crippen LogP contribution in [0.1, 0.15) is 38.8 Å². The highest BCUT2D eigenvalue weighted by Crippen LogP contribution is 2.36. The third-order valence-electron chi connectivity index (χ3n) is 10.3. The van der Waals surface area contributed by atoms with Crippen molar-refractivity contribution >= 4 is 29.9 Å². The Balaban J connectivity index is 1.38. The van der Waals surface area contributed by atoms with E-state index in [0.29, 0.717) is 18.7 Å². The van der Waals surface area contributed by atoms with E-state index in [9.17, 15) is 49.8 Å². The second-order valence-corrected chi connectivity index (χ2v) is 15.0. The van der Waals surface area contributed by atoms with Crippen LogP contribution < -0.4 is 14.8 Å². The van der Waals surface area contributed by atoms with Crippen LogP contribution in [0.5, 0.6) is 11.5 Å². The Kier molecular flexibility index (Phi) is 17.8. The minimum absolute atomic E-state index is 0.197. The van der Waals surface area contributed by atoms with Crippen molar-refractivity contribution in [2.45, 2.75) is 126 Å². The van der Waals surface area contributed by atoms with Gasteiger partial charge in [-0.1, -0.05) is 24.3 Å². The summed E-state index contributed by atoms with van der Waals surface area (Å²) < 4.78 is 57.1. The van der Waals surface area contributed by atoms with Crippen LogP contribution >= 0.6 is 0 Å². The maximum Gasteiger partial charge on any atom is 0.303 e. The Labute approximate surface area is 362 Å². The third kappa shape index (κ3) is 13.4. The van der Waals surface area contributed by atoms with Crippen LogP contribution in [-0.2, 0) is 63.5 Å². The Morgan fingerprint density at radius 1 is 0.635 bits per heavy atom.